The zero-order chi connectivity index (χ0) is 13.8. The molecule has 0 aliphatic heterocycles. The van der Waals surface area contributed by atoms with Crippen LogP contribution in [-0.2, 0) is 21.7 Å². The first-order valence-corrected chi connectivity index (χ1v) is 5.27. The van der Waals surface area contributed by atoms with Gasteiger partial charge in [0.1, 0.15) is 0 Å². The van der Waals surface area contributed by atoms with Crippen molar-refractivity contribution in [3.05, 3.63) is 0 Å². The van der Waals surface area contributed by atoms with Gasteiger partial charge in [-0.25, -0.2) is 16.4 Å². The van der Waals surface area contributed by atoms with Crippen molar-refractivity contribution in [2.45, 2.75) is 40.7 Å². The summed E-state index contributed by atoms with van der Waals surface area (Å²) in [5.74, 6) is 0. The molecular weight excluding hydrogens is 262 g/mol. The third-order valence-electron chi connectivity index (χ3n) is 0.474. The van der Waals surface area contributed by atoms with Gasteiger partial charge in [-0.15, -0.1) is 0 Å². The van der Waals surface area contributed by atoms with Gasteiger partial charge in [-0.05, 0) is 13.8 Å². The van der Waals surface area contributed by atoms with Gasteiger partial charge in [0.2, 0.25) is 0 Å². The van der Waals surface area contributed by atoms with Gasteiger partial charge in [0, 0.05) is 47.5 Å². The molecule has 0 unspecified atom stereocenters. The van der Waals surface area contributed by atoms with Crippen molar-refractivity contribution in [3.63, 3.8) is 0 Å². The molecule has 0 atom stereocenters. The zero-order valence-electron chi connectivity index (χ0n) is 11.5. The minimum atomic E-state index is -0.167. The van der Waals surface area contributed by atoms with Crippen LogP contribution in [0.1, 0.15) is 34.6 Å². The molecule has 17 heavy (non-hydrogen) atoms. The fourth-order valence-electron chi connectivity index (χ4n) is 0. The number of aliphatic hydroxyl groups is 1. The number of hydroxylamine groups is 3. The standard InChI is InChI=1S/C3H8O.3C2H7NO.Ti/c1-3(2)4;3*1-2-3-4;/h3-4H,1-2H3;3*3-4H,2H2,1H3;. The Morgan fingerprint density at radius 2 is 0.824 bits per heavy atom. The summed E-state index contributed by atoms with van der Waals surface area (Å²) in [6.45, 7) is 10.8. The second kappa shape index (κ2) is 44.0. The maximum absolute atomic E-state index is 8.06. The van der Waals surface area contributed by atoms with E-state index >= 15 is 0 Å². The first-order valence-electron chi connectivity index (χ1n) is 5.27. The second-order valence-electron chi connectivity index (χ2n) is 2.63. The van der Waals surface area contributed by atoms with Crippen LogP contribution < -0.4 is 16.4 Å². The number of hydrogen-bond acceptors (Lipinski definition) is 7. The van der Waals surface area contributed by atoms with Crippen LogP contribution in [0.2, 0.25) is 0 Å². The van der Waals surface area contributed by atoms with Crippen LogP contribution in [0, 0.1) is 0 Å². The van der Waals surface area contributed by atoms with Crippen molar-refractivity contribution in [1.82, 2.24) is 16.4 Å². The Bertz CT molecular complexity index is 65.0. The Morgan fingerprint density at radius 3 is 0.824 bits per heavy atom. The predicted molar refractivity (Wildman–Crippen MR) is 63.7 cm³/mol. The van der Waals surface area contributed by atoms with E-state index in [1.165, 1.54) is 0 Å². The van der Waals surface area contributed by atoms with Crippen LogP contribution in [0.4, 0.5) is 0 Å². The third-order valence-corrected chi connectivity index (χ3v) is 0.474. The van der Waals surface area contributed by atoms with Crippen LogP contribution in [0.3, 0.4) is 0 Å². The summed E-state index contributed by atoms with van der Waals surface area (Å²) in [7, 11) is 0. The molecule has 0 aromatic rings. The van der Waals surface area contributed by atoms with Gasteiger partial charge in [0.25, 0.3) is 0 Å². The maximum Gasteiger partial charge on any atom is 0.0483 e. The summed E-state index contributed by atoms with van der Waals surface area (Å²) in [6, 6.07) is 0. The van der Waals surface area contributed by atoms with Crippen molar-refractivity contribution >= 4 is 0 Å². The van der Waals surface area contributed by atoms with Gasteiger partial charge in [-0.1, -0.05) is 20.8 Å². The van der Waals surface area contributed by atoms with Gasteiger partial charge in [0.15, 0.2) is 0 Å². The normalized spacial score (nSPS) is 7.41. The molecule has 0 spiro atoms. The average Bonchev–Trinajstić information content (AvgIpc) is 2.28. The topological polar surface area (TPSA) is 117 Å². The van der Waals surface area contributed by atoms with E-state index in [1.807, 2.05) is 37.2 Å². The van der Waals surface area contributed by atoms with Gasteiger partial charge in [-0.2, -0.15) is 0 Å². The summed E-state index contributed by atoms with van der Waals surface area (Å²) in [5, 5.41) is 30.9. The SMILES string of the molecule is CC(C)O.CCNO.CCNO.CCNO.[Ti]. The van der Waals surface area contributed by atoms with Crippen LogP contribution in [-0.4, -0.2) is 46.5 Å². The molecule has 0 saturated carbocycles. The molecule has 0 saturated heterocycles. The zero-order valence-corrected chi connectivity index (χ0v) is 13.0. The largest absolute Gasteiger partial charge is 0.394 e. The fourth-order valence-corrected chi connectivity index (χ4v) is 0. The molecule has 0 radical (unpaired) electrons. The van der Waals surface area contributed by atoms with Gasteiger partial charge < -0.3 is 20.7 Å². The van der Waals surface area contributed by atoms with E-state index in [0.717, 1.165) is 0 Å². The molecule has 0 aromatic carbocycles. The number of hydrogen-bond donors (Lipinski definition) is 7. The van der Waals surface area contributed by atoms with Gasteiger partial charge >= 0.3 is 0 Å². The molecule has 7 N–H and O–H groups in total. The van der Waals surface area contributed by atoms with Crippen molar-refractivity contribution in [2.75, 3.05) is 19.6 Å². The molecule has 0 heterocycles. The molecule has 0 rings (SSSR count). The maximum atomic E-state index is 8.06. The minimum absolute atomic E-state index is 0. The monoisotopic (exact) mass is 291 g/mol. The van der Waals surface area contributed by atoms with Crippen LogP contribution in [0.5, 0.6) is 0 Å². The van der Waals surface area contributed by atoms with Crippen molar-refractivity contribution in [2.24, 2.45) is 0 Å². The second-order valence-corrected chi connectivity index (χ2v) is 2.63. The van der Waals surface area contributed by atoms with Crippen LogP contribution >= 0.6 is 0 Å². The first-order chi connectivity index (χ1) is 7.47. The molecular formula is C9H29N3O4Ti. The molecule has 0 fully saturated rings. The van der Waals surface area contributed by atoms with E-state index in [-0.39, 0.29) is 27.8 Å². The summed E-state index contributed by atoms with van der Waals surface area (Å²) >= 11 is 0. The smallest absolute Gasteiger partial charge is 0.0483 e. The van der Waals surface area contributed by atoms with E-state index in [0.29, 0.717) is 19.6 Å². The molecule has 108 valence electrons. The first kappa shape index (κ1) is 30.5. The van der Waals surface area contributed by atoms with Gasteiger partial charge in [0.05, 0.1) is 0 Å². The molecule has 0 aromatic heterocycles. The quantitative estimate of drug-likeness (QED) is 0.296. The number of nitrogens with one attached hydrogen (secondary N) is 3. The summed E-state index contributed by atoms with van der Waals surface area (Å²) in [6.07, 6.45) is -0.167. The van der Waals surface area contributed by atoms with Crippen LogP contribution in [0.15, 0.2) is 0 Å². The molecule has 0 aliphatic rings. The number of rotatable bonds is 3. The van der Waals surface area contributed by atoms with Crippen LogP contribution in [0.25, 0.3) is 0 Å². The summed E-state index contributed by atoms with van der Waals surface area (Å²) < 4.78 is 0. The molecule has 0 bridgehead atoms. The Labute approximate surface area is 119 Å². The summed E-state index contributed by atoms with van der Waals surface area (Å²) in [4.78, 5) is 0. The van der Waals surface area contributed by atoms with E-state index < -0.39 is 0 Å². The van der Waals surface area contributed by atoms with E-state index in [9.17, 15) is 0 Å². The van der Waals surface area contributed by atoms with E-state index in [1.54, 1.807) is 13.8 Å². The van der Waals surface area contributed by atoms with E-state index in [2.05, 4.69) is 0 Å². The van der Waals surface area contributed by atoms with E-state index in [4.69, 9.17) is 20.7 Å². The molecule has 8 heteroatoms. The Balaban J connectivity index is -0.0000000369. The summed E-state index contributed by atoms with van der Waals surface area (Å²) in [5.41, 5.74) is 5.79. The molecule has 0 amide bonds. The molecule has 0 aliphatic carbocycles. The van der Waals surface area contributed by atoms with Crippen molar-refractivity contribution in [3.8, 4) is 0 Å². The molecule has 7 nitrogen and oxygen atoms in total. The Kier molecular flexibility index (Phi) is 78.8. The van der Waals surface area contributed by atoms with Crippen molar-refractivity contribution < 1.29 is 42.4 Å². The Morgan fingerprint density at radius 1 is 0.765 bits per heavy atom. The fraction of sp³-hybridized carbons (Fsp3) is 1.00. The van der Waals surface area contributed by atoms with Crippen molar-refractivity contribution in [1.29, 1.82) is 0 Å². The Hall–Kier alpha value is 0.434. The average molecular weight is 291 g/mol. The third kappa shape index (κ3) is 290. The minimum Gasteiger partial charge on any atom is -0.394 e. The van der Waals surface area contributed by atoms with Gasteiger partial charge in [-0.3, -0.25) is 0 Å². The predicted octanol–water partition coefficient (Wildman–Crippen LogP) is 0.340. The number of aliphatic hydroxyl groups excluding tert-OH is 1.